The summed E-state index contributed by atoms with van der Waals surface area (Å²) in [5, 5.41) is 12.0. The van der Waals surface area contributed by atoms with E-state index >= 15 is 0 Å². The van der Waals surface area contributed by atoms with Crippen LogP contribution in [0.15, 0.2) is 61.2 Å². The smallest absolute Gasteiger partial charge is 0.326 e. The molecule has 6 nitrogen and oxygen atoms in total. The Balaban J connectivity index is 1.94. The molecule has 3 rings (SSSR count). The third kappa shape index (κ3) is 6.69. The summed E-state index contributed by atoms with van der Waals surface area (Å²) in [7, 11) is 0. The number of aromatic nitrogens is 2. The molecule has 172 valence electrons. The van der Waals surface area contributed by atoms with Gasteiger partial charge < -0.3 is 15.0 Å². The molecule has 0 saturated carbocycles. The maximum Gasteiger partial charge on any atom is 0.326 e. The van der Waals surface area contributed by atoms with E-state index in [9.17, 15) is 19.1 Å². The lowest BCUT2D eigenvalue weighted by molar-refractivity contribution is -0.139. The number of aliphatic carboxylic acids is 1. The molecule has 0 aliphatic rings. The van der Waals surface area contributed by atoms with Gasteiger partial charge in [0.25, 0.3) is 5.91 Å². The van der Waals surface area contributed by atoms with Crippen LogP contribution in [0.5, 0.6) is 0 Å². The van der Waals surface area contributed by atoms with E-state index < -0.39 is 23.7 Å². The van der Waals surface area contributed by atoms with Crippen LogP contribution in [-0.2, 0) is 11.3 Å². The van der Waals surface area contributed by atoms with Gasteiger partial charge in [-0.25, -0.2) is 14.2 Å². The normalized spacial score (nSPS) is 12.1. The third-order valence-electron chi connectivity index (χ3n) is 4.92. The number of carboxylic acid groups (broad SMARTS) is 1. The minimum atomic E-state index is -1.09. The van der Waals surface area contributed by atoms with Gasteiger partial charge in [0, 0.05) is 24.5 Å². The predicted molar refractivity (Wildman–Crippen MR) is 130 cm³/mol. The Morgan fingerprint density at radius 2 is 2.12 bits per heavy atom. The minimum absolute atomic E-state index is 0.0664. The van der Waals surface area contributed by atoms with Gasteiger partial charge in [0.1, 0.15) is 11.9 Å². The average molecular weight is 488 g/mol. The van der Waals surface area contributed by atoms with Crippen molar-refractivity contribution in [2.75, 3.05) is 12.0 Å². The number of carboxylic acids is 1. The molecule has 0 unspecified atom stereocenters. The summed E-state index contributed by atoms with van der Waals surface area (Å²) in [5.74, 6) is -1.58. The number of hydrogen-bond acceptors (Lipinski definition) is 4. The van der Waals surface area contributed by atoms with Crippen LogP contribution >= 0.6 is 23.4 Å². The molecule has 3 aromatic rings. The van der Waals surface area contributed by atoms with Crippen LogP contribution in [0.25, 0.3) is 17.2 Å². The molecule has 0 saturated heterocycles. The zero-order chi connectivity index (χ0) is 23.8. The zero-order valence-electron chi connectivity index (χ0n) is 17.9. The fourth-order valence-electron chi connectivity index (χ4n) is 3.20. The molecule has 0 bridgehead atoms. The highest BCUT2D eigenvalue weighted by molar-refractivity contribution is 7.98. The Morgan fingerprint density at radius 1 is 1.30 bits per heavy atom. The number of benzene rings is 2. The quantitative estimate of drug-likeness (QED) is 0.421. The van der Waals surface area contributed by atoms with Crippen LogP contribution in [0.1, 0.15) is 22.3 Å². The van der Waals surface area contributed by atoms with Gasteiger partial charge >= 0.3 is 5.97 Å². The zero-order valence-corrected chi connectivity index (χ0v) is 19.4. The van der Waals surface area contributed by atoms with Crippen molar-refractivity contribution >= 4 is 41.3 Å². The lowest BCUT2D eigenvalue weighted by Crippen LogP contribution is -2.41. The van der Waals surface area contributed by atoms with Gasteiger partial charge in [0.05, 0.1) is 11.3 Å². The number of halogens is 2. The molecule has 0 aliphatic heterocycles. The van der Waals surface area contributed by atoms with E-state index in [-0.39, 0.29) is 10.6 Å². The Bertz CT molecular complexity index is 1150. The maximum absolute atomic E-state index is 13.7. The number of thioether (sulfide) groups is 1. The third-order valence-corrected chi connectivity index (χ3v) is 5.85. The summed E-state index contributed by atoms with van der Waals surface area (Å²) in [6.07, 6.45) is 11.3. The van der Waals surface area contributed by atoms with Crippen molar-refractivity contribution in [3.05, 3.63) is 83.2 Å². The Morgan fingerprint density at radius 3 is 2.79 bits per heavy atom. The summed E-state index contributed by atoms with van der Waals surface area (Å²) >= 11 is 7.48. The summed E-state index contributed by atoms with van der Waals surface area (Å²) in [5.41, 5.74) is 2.17. The lowest BCUT2D eigenvalue weighted by Gasteiger charge is -2.16. The summed E-state index contributed by atoms with van der Waals surface area (Å²) in [6.45, 7) is 0.621. The first-order valence-electron chi connectivity index (χ1n) is 10.1. The van der Waals surface area contributed by atoms with E-state index in [1.54, 1.807) is 30.7 Å². The molecule has 33 heavy (non-hydrogen) atoms. The first-order chi connectivity index (χ1) is 15.9. The van der Waals surface area contributed by atoms with Crippen molar-refractivity contribution < 1.29 is 19.1 Å². The molecule has 2 N–H and O–H groups in total. The van der Waals surface area contributed by atoms with Crippen molar-refractivity contribution in [1.82, 2.24) is 14.9 Å². The summed E-state index contributed by atoms with van der Waals surface area (Å²) in [4.78, 5) is 28.6. The number of hydrogen-bond donors (Lipinski definition) is 2. The Hall–Kier alpha value is -3.10. The van der Waals surface area contributed by atoms with Crippen LogP contribution in [0.2, 0.25) is 5.02 Å². The van der Waals surface area contributed by atoms with Crippen molar-refractivity contribution in [2.45, 2.75) is 19.0 Å². The number of carbonyl (C=O) groups is 2. The molecule has 0 radical (unpaired) electrons. The molecule has 0 fully saturated rings. The molecule has 0 spiro atoms. The first-order valence-corrected chi connectivity index (χ1v) is 11.9. The van der Waals surface area contributed by atoms with E-state index in [4.69, 9.17) is 11.6 Å². The van der Waals surface area contributed by atoms with Gasteiger partial charge in [-0.1, -0.05) is 35.9 Å². The molecule has 1 amide bonds. The van der Waals surface area contributed by atoms with Gasteiger partial charge in [-0.2, -0.15) is 11.8 Å². The van der Waals surface area contributed by atoms with E-state index in [0.29, 0.717) is 29.8 Å². The molecular formula is C24H23ClFN3O3S. The summed E-state index contributed by atoms with van der Waals surface area (Å²) < 4.78 is 15.6. The SMILES string of the molecule is CSCC[C@H](NC(=O)c1ccc(/C=C/Cn2ccnc2)cc1-c1ccc(F)c(Cl)c1)C(=O)O. The number of nitrogens with zero attached hydrogens (tertiary/aromatic N) is 2. The van der Waals surface area contributed by atoms with E-state index in [2.05, 4.69) is 10.3 Å². The molecular weight excluding hydrogens is 465 g/mol. The molecule has 1 aromatic heterocycles. The molecule has 2 aromatic carbocycles. The Labute approximate surface area is 200 Å². The van der Waals surface area contributed by atoms with Crippen molar-refractivity contribution in [1.29, 1.82) is 0 Å². The molecule has 1 heterocycles. The monoisotopic (exact) mass is 487 g/mol. The fraction of sp³-hybridized carbons (Fsp3) is 0.208. The van der Waals surface area contributed by atoms with Gasteiger partial charge in [0.2, 0.25) is 0 Å². The van der Waals surface area contributed by atoms with Crippen LogP contribution in [0.4, 0.5) is 4.39 Å². The largest absolute Gasteiger partial charge is 0.480 e. The highest BCUT2D eigenvalue weighted by Crippen LogP contribution is 2.29. The summed E-state index contributed by atoms with van der Waals surface area (Å²) in [6, 6.07) is 8.40. The van der Waals surface area contributed by atoms with Crippen LogP contribution in [0.3, 0.4) is 0 Å². The van der Waals surface area contributed by atoms with Crippen LogP contribution in [-0.4, -0.2) is 44.6 Å². The molecule has 1 atom stereocenters. The standard InChI is InChI=1S/C24H23ClFN3O3S/c1-33-12-8-22(24(31)32)28-23(30)18-6-4-16(3-2-10-29-11-9-27-15-29)13-19(18)17-5-7-21(26)20(25)14-17/h2-7,9,11,13-15,22H,8,10,12H2,1H3,(H,28,30)(H,31,32)/b3-2+/t22-/m0/s1. The highest BCUT2D eigenvalue weighted by Gasteiger charge is 2.22. The van der Waals surface area contributed by atoms with Crippen molar-refractivity contribution in [3.8, 4) is 11.1 Å². The predicted octanol–water partition coefficient (Wildman–Crippen LogP) is 4.99. The number of rotatable bonds is 10. The second kappa shape index (κ2) is 11.7. The van der Waals surface area contributed by atoms with Crippen LogP contribution < -0.4 is 5.32 Å². The van der Waals surface area contributed by atoms with E-state index in [0.717, 1.165) is 5.56 Å². The lowest BCUT2D eigenvalue weighted by atomic mass is 9.96. The Kier molecular flexibility index (Phi) is 8.68. The van der Waals surface area contributed by atoms with E-state index in [1.165, 1.54) is 30.0 Å². The first kappa shape index (κ1) is 24.5. The fourth-order valence-corrected chi connectivity index (χ4v) is 3.85. The van der Waals surface area contributed by atoms with Gasteiger partial charge in [-0.15, -0.1) is 0 Å². The number of imidazole rings is 1. The number of allylic oxidation sites excluding steroid dienone is 1. The molecule has 0 aliphatic carbocycles. The maximum atomic E-state index is 13.7. The highest BCUT2D eigenvalue weighted by atomic mass is 35.5. The number of amides is 1. The minimum Gasteiger partial charge on any atom is -0.480 e. The second-order valence-electron chi connectivity index (χ2n) is 7.24. The second-order valence-corrected chi connectivity index (χ2v) is 8.63. The van der Waals surface area contributed by atoms with Gasteiger partial charge in [-0.3, -0.25) is 4.79 Å². The van der Waals surface area contributed by atoms with Crippen LogP contribution in [0, 0.1) is 5.82 Å². The number of nitrogens with one attached hydrogen (secondary N) is 1. The molecule has 9 heteroatoms. The van der Waals surface area contributed by atoms with E-state index in [1.807, 2.05) is 29.2 Å². The van der Waals surface area contributed by atoms with Gasteiger partial charge in [-0.05, 0) is 59.4 Å². The van der Waals surface area contributed by atoms with Crippen molar-refractivity contribution in [3.63, 3.8) is 0 Å². The van der Waals surface area contributed by atoms with Crippen molar-refractivity contribution in [2.24, 2.45) is 0 Å². The van der Waals surface area contributed by atoms with Gasteiger partial charge in [0.15, 0.2) is 0 Å². The average Bonchev–Trinajstić information content (AvgIpc) is 3.31. The number of carbonyl (C=O) groups excluding carboxylic acids is 1. The topological polar surface area (TPSA) is 84.2 Å².